The number of sulfonamides is 1. The number of nitrogens with one attached hydrogen (secondary N) is 2. The van der Waals surface area contributed by atoms with E-state index in [4.69, 9.17) is 5.11 Å². The van der Waals surface area contributed by atoms with Gasteiger partial charge in [0, 0.05) is 18.9 Å². The van der Waals surface area contributed by atoms with Gasteiger partial charge in [-0.1, -0.05) is 0 Å². The molecule has 3 N–H and O–H groups in total. The number of carboxylic acids is 1. The Labute approximate surface area is 152 Å². The second kappa shape index (κ2) is 6.85. The van der Waals surface area contributed by atoms with E-state index in [0.29, 0.717) is 6.07 Å². The molecule has 2 aromatic rings. The summed E-state index contributed by atoms with van der Waals surface area (Å²) in [6.45, 7) is -0.123. The number of hydrogen-bond acceptors (Lipinski definition) is 5. The summed E-state index contributed by atoms with van der Waals surface area (Å²) in [5, 5.41) is 14.3. The molecule has 12 heteroatoms. The minimum absolute atomic E-state index is 0.109. The molecule has 1 aliphatic heterocycles. The zero-order valence-corrected chi connectivity index (χ0v) is 14.5. The highest BCUT2D eigenvalue weighted by Crippen LogP contribution is 2.34. The lowest BCUT2D eigenvalue weighted by atomic mass is 10.1. The number of hydrogen-bond donors (Lipinski definition) is 3. The number of carbonyl (C=O) groups is 1. The van der Waals surface area contributed by atoms with Gasteiger partial charge in [0.15, 0.2) is 0 Å². The van der Waals surface area contributed by atoms with Crippen molar-refractivity contribution in [2.75, 3.05) is 11.3 Å². The van der Waals surface area contributed by atoms with Crippen LogP contribution in [0.4, 0.5) is 18.9 Å². The van der Waals surface area contributed by atoms with Gasteiger partial charge >= 0.3 is 12.1 Å². The Hall–Kier alpha value is -2.60. The van der Waals surface area contributed by atoms with E-state index in [2.05, 4.69) is 15.1 Å². The Balaban J connectivity index is 1.96. The number of anilines is 1. The van der Waals surface area contributed by atoms with Gasteiger partial charge in [-0.15, -0.1) is 0 Å². The van der Waals surface area contributed by atoms with E-state index in [1.807, 2.05) is 0 Å². The number of halogens is 3. The van der Waals surface area contributed by atoms with Gasteiger partial charge in [0.1, 0.15) is 6.04 Å². The molecule has 0 amide bonds. The molecular weight excluding hydrogens is 389 g/mol. The molecule has 0 radical (unpaired) electrons. The summed E-state index contributed by atoms with van der Waals surface area (Å²) in [4.78, 5) is 11.0. The monoisotopic (exact) mass is 404 g/mol. The molecular formula is C15H15F3N4O4S. The van der Waals surface area contributed by atoms with Crippen molar-refractivity contribution in [3.8, 4) is 5.69 Å². The van der Waals surface area contributed by atoms with Gasteiger partial charge in [-0.25, -0.2) is 13.1 Å². The van der Waals surface area contributed by atoms with Crippen LogP contribution >= 0.6 is 0 Å². The first-order chi connectivity index (χ1) is 12.6. The summed E-state index contributed by atoms with van der Waals surface area (Å²) in [7, 11) is -4.14. The average Bonchev–Trinajstić information content (AvgIpc) is 3.26. The Kier molecular flexibility index (Phi) is 4.86. The Morgan fingerprint density at radius 1 is 1.37 bits per heavy atom. The molecule has 2 atom stereocenters. The lowest BCUT2D eigenvalue weighted by molar-refractivity contribution is -0.139. The van der Waals surface area contributed by atoms with Gasteiger partial charge in [-0.05, 0) is 30.7 Å². The van der Waals surface area contributed by atoms with Crippen molar-refractivity contribution < 1.29 is 31.5 Å². The zero-order valence-electron chi connectivity index (χ0n) is 13.6. The SMILES string of the molecule is O=C(O)C1CC(S(=O)(=O)Nc2cc(C(F)(F)F)ccc2-n2cccn2)CN1. The fourth-order valence-corrected chi connectivity index (χ4v) is 4.17. The van der Waals surface area contributed by atoms with Crippen LogP contribution in [0.1, 0.15) is 12.0 Å². The van der Waals surface area contributed by atoms with Crippen molar-refractivity contribution >= 4 is 21.7 Å². The zero-order chi connectivity index (χ0) is 19.8. The van der Waals surface area contributed by atoms with Gasteiger partial charge in [-0.3, -0.25) is 9.52 Å². The summed E-state index contributed by atoms with van der Waals surface area (Å²) in [6, 6.07) is 3.13. The van der Waals surface area contributed by atoms with E-state index < -0.39 is 39.0 Å². The fourth-order valence-electron chi connectivity index (χ4n) is 2.77. The molecule has 3 rings (SSSR count). The van der Waals surface area contributed by atoms with Crippen LogP contribution in [-0.2, 0) is 21.0 Å². The second-order valence-electron chi connectivity index (χ2n) is 5.98. The number of benzene rings is 1. The van der Waals surface area contributed by atoms with E-state index >= 15 is 0 Å². The topological polar surface area (TPSA) is 113 Å². The average molecular weight is 404 g/mol. The number of rotatable bonds is 5. The van der Waals surface area contributed by atoms with Crippen LogP contribution in [0.5, 0.6) is 0 Å². The predicted octanol–water partition coefficient (Wildman–Crippen LogP) is 1.45. The standard InChI is InChI=1S/C15H15F3N4O4S/c16-15(17,18)9-2-3-13(22-5-1-4-20-22)11(6-9)21-27(25,26)10-7-12(14(23)24)19-8-10/h1-6,10,12,19,21H,7-8H2,(H,23,24). The highest BCUT2D eigenvalue weighted by Gasteiger charge is 2.38. The van der Waals surface area contributed by atoms with Gasteiger partial charge in [0.25, 0.3) is 0 Å². The Morgan fingerprint density at radius 3 is 2.67 bits per heavy atom. The number of aromatic nitrogens is 2. The second-order valence-corrected chi connectivity index (χ2v) is 7.94. The summed E-state index contributed by atoms with van der Waals surface area (Å²) in [5.74, 6) is -1.19. The predicted molar refractivity (Wildman–Crippen MR) is 88.9 cm³/mol. The maximum atomic E-state index is 13.0. The molecule has 8 nitrogen and oxygen atoms in total. The molecule has 1 aliphatic rings. The number of aliphatic carboxylic acids is 1. The van der Waals surface area contributed by atoms with E-state index in [1.165, 1.54) is 23.1 Å². The number of nitrogens with zero attached hydrogens (tertiary/aromatic N) is 2. The van der Waals surface area contributed by atoms with Crippen molar-refractivity contribution in [1.82, 2.24) is 15.1 Å². The van der Waals surface area contributed by atoms with Crippen molar-refractivity contribution in [1.29, 1.82) is 0 Å². The fraction of sp³-hybridized carbons (Fsp3) is 0.333. The number of alkyl halides is 3. The third kappa shape index (κ3) is 4.06. The Bertz CT molecular complexity index is 944. The van der Waals surface area contributed by atoms with Crippen molar-refractivity contribution in [2.45, 2.75) is 23.9 Å². The molecule has 1 saturated heterocycles. The van der Waals surface area contributed by atoms with Crippen molar-refractivity contribution in [3.05, 3.63) is 42.2 Å². The molecule has 0 aliphatic carbocycles. The van der Waals surface area contributed by atoms with Crippen LogP contribution in [0.2, 0.25) is 0 Å². The normalized spacial score (nSPS) is 20.6. The van der Waals surface area contributed by atoms with Crippen LogP contribution in [0.25, 0.3) is 5.69 Å². The molecule has 1 aromatic heterocycles. The van der Waals surface area contributed by atoms with E-state index in [1.54, 1.807) is 0 Å². The molecule has 1 fully saturated rings. The van der Waals surface area contributed by atoms with E-state index in [-0.39, 0.29) is 24.3 Å². The van der Waals surface area contributed by atoms with Gasteiger partial charge in [0.05, 0.1) is 22.2 Å². The molecule has 1 aromatic carbocycles. The first-order valence-electron chi connectivity index (χ1n) is 7.77. The maximum Gasteiger partial charge on any atom is 0.416 e. The van der Waals surface area contributed by atoms with Crippen LogP contribution in [0.15, 0.2) is 36.7 Å². The lowest BCUT2D eigenvalue weighted by Crippen LogP contribution is -2.30. The molecule has 2 unspecified atom stereocenters. The quantitative estimate of drug-likeness (QED) is 0.695. The van der Waals surface area contributed by atoms with Gasteiger partial charge < -0.3 is 10.4 Å². The molecule has 146 valence electrons. The van der Waals surface area contributed by atoms with E-state index in [0.717, 1.165) is 12.1 Å². The van der Waals surface area contributed by atoms with Crippen LogP contribution in [0.3, 0.4) is 0 Å². The first kappa shape index (κ1) is 19.2. The maximum absolute atomic E-state index is 13.0. The van der Waals surface area contributed by atoms with Crippen LogP contribution in [-0.4, -0.2) is 47.1 Å². The van der Waals surface area contributed by atoms with Crippen molar-refractivity contribution in [2.24, 2.45) is 0 Å². The molecule has 0 bridgehead atoms. The minimum atomic E-state index is -4.66. The van der Waals surface area contributed by atoms with Crippen LogP contribution in [0, 0.1) is 0 Å². The largest absolute Gasteiger partial charge is 0.480 e. The first-order valence-corrected chi connectivity index (χ1v) is 9.31. The highest BCUT2D eigenvalue weighted by molar-refractivity contribution is 7.93. The smallest absolute Gasteiger partial charge is 0.416 e. The summed E-state index contributed by atoms with van der Waals surface area (Å²) >= 11 is 0. The minimum Gasteiger partial charge on any atom is -0.480 e. The molecule has 27 heavy (non-hydrogen) atoms. The van der Waals surface area contributed by atoms with Gasteiger partial charge in [0.2, 0.25) is 10.0 Å². The van der Waals surface area contributed by atoms with Gasteiger partial charge in [-0.2, -0.15) is 18.3 Å². The summed E-state index contributed by atoms with van der Waals surface area (Å²) in [5.41, 5.74) is -1.21. The van der Waals surface area contributed by atoms with E-state index in [9.17, 15) is 26.4 Å². The molecule has 0 spiro atoms. The molecule has 0 saturated carbocycles. The third-order valence-electron chi connectivity index (χ3n) is 4.15. The summed E-state index contributed by atoms with van der Waals surface area (Å²) < 4.78 is 67.7. The third-order valence-corrected chi connectivity index (χ3v) is 5.90. The lowest BCUT2D eigenvalue weighted by Gasteiger charge is -2.18. The molecule has 2 heterocycles. The Morgan fingerprint density at radius 2 is 2.11 bits per heavy atom. The summed E-state index contributed by atoms with van der Waals surface area (Å²) in [6.07, 6.45) is -2.00. The number of carboxylic acid groups (broad SMARTS) is 1. The van der Waals surface area contributed by atoms with Crippen molar-refractivity contribution in [3.63, 3.8) is 0 Å². The van der Waals surface area contributed by atoms with Crippen LogP contribution < -0.4 is 10.0 Å². The highest BCUT2D eigenvalue weighted by atomic mass is 32.2.